The number of rotatable bonds is 6. The van der Waals surface area contributed by atoms with Gasteiger partial charge in [0.2, 0.25) is 11.7 Å². The molecule has 0 spiro atoms. The van der Waals surface area contributed by atoms with Crippen molar-refractivity contribution in [3.63, 3.8) is 0 Å². The molecule has 1 unspecified atom stereocenters. The first kappa shape index (κ1) is 20.5. The fraction of sp³-hybridized carbons (Fsp3) is 0.312. The number of oxime groups is 1. The Labute approximate surface area is 171 Å². The van der Waals surface area contributed by atoms with Gasteiger partial charge in [-0.1, -0.05) is 5.16 Å². The summed E-state index contributed by atoms with van der Waals surface area (Å²) in [4.78, 5) is 29.6. The largest absolute Gasteiger partial charge is 0.465 e. The van der Waals surface area contributed by atoms with Crippen molar-refractivity contribution < 1.29 is 28.7 Å². The molecule has 2 heterocycles. The van der Waals surface area contributed by atoms with Crippen LogP contribution in [0.4, 0.5) is 20.7 Å². The molecule has 1 aromatic heterocycles. The number of carbonyl (C=O) groups excluding carboxylic acids is 1. The van der Waals surface area contributed by atoms with Gasteiger partial charge in [-0.25, -0.2) is 13.8 Å². The molecule has 13 heteroatoms. The number of nitrogens with zero attached hydrogens (tertiary/aromatic N) is 4. The quantitative estimate of drug-likeness (QED) is 0.431. The predicted octanol–water partition coefficient (Wildman–Crippen LogP) is 2.68. The molecule has 0 aliphatic carbocycles. The highest BCUT2D eigenvalue weighted by Crippen LogP contribution is 2.20. The van der Waals surface area contributed by atoms with E-state index in [1.807, 2.05) is 0 Å². The highest BCUT2D eigenvalue weighted by atomic mass is 79.9. The van der Waals surface area contributed by atoms with Crippen molar-refractivity contribution in [3.8, 4) is 0 Å². The zero-order valence-electron chi connectivity index (χ0n) is 14.8. The van der Waals surface area contributed by atoms with Crippen LogP contribution in [0.15, 0.2) is 32.5 Å². The molecule has 1 aliphatic rings. The van der Waals surface area contributed by atoms with Gasteiger partial charge in [0, 0.05) is 13.1 Å². The number of likely N-dealkylation sites (tertiary alicyclic amines) is 1. The Morgan fingerprint density at radius 1 is 1.45 bits per heavy atom. The molecule has 3 N–H and O–H groups in total. The van der Waals surface area contributed by atoms with E-state index in [9.17, 15) is 14.0 Å². The minimum Gasteiger partial charge on any atom is -0.465 e. The van der Waals surface area contributed by atoms with Crippen molar-refractivity contribution >= 4 is 45.7 Å². The molecule has 3 rings (SSSR count). The summed E-state index contributed by atoms with van der Waals surface area (Å²) in [5, 5.41) is 22.5. The number of halogens is 2. The van der Waals surface area contributed by atoms with Crippen molar-refractivity contribution in [2.75, 3.05) is 23.9 Å². The number of carboxylic acid groups (broad SMARTS) is 1. The lowest BCUT2D eigenvalue weighted by Gasteiger charge is -2.29. The summed E-state index contributed by atoms with van der Waals surface area (Å²) in [6.45, 7) is 0.508. The molecule has 2 amide bonds. The van der Waals surface area contributed by atoms with Crippen molar-refractivity contribution in [3.05, 3.63) is 34.2 Å². The summed E-state index contributed by atoms with van der Waals surface area (Å²) in [5.74, 6) is -1.29. The Morgan fingerprint density at radius 3 is 3.03 bits per heavy atom. The molecule has 0 radical (unpaired) electrons. The molecule has 0 bridgehead atoms. The number of amides is 2. The first-order valence-corrected chi connectivity index (χ1v) is 9.25. The summed E-state index contributed by atoms with van der Waals surface area (Å²) in [6.07, 6.45) is 1.25. The third kappa shape index (κ3) is 5.40. The molecule has 0 saturated carbocycles. The van der Waals surface area contributed by atoms with Gasteiger partial charge in [0.25, 0.3) is 0 Å². The standard InChI is InChI=1S/C16H16BrFN6O5/c17-11-6-10(3-4-12(11)18)21-28-19-7-13-14(23-29-22-13)20-15(25)9-2-1-5-24(8-9)16(26)27/h3-4,6-7,9,21H,1-2,5,8H2,(H,26,27)(H,20,23,25)/b19-7+. The van der Waals surface area contributed by atoms with E-state index in [4.69, 9.17) is 10.0 Å². The Morgan fingerprint density at radius 2 is 2.28 bits per heavy atom. The van der Waals surface area contributed by atoms with Gasteiger partial charge >= 0.3 is 6.09 Å². The first-order chi connectivity index (χ1) is 13.9. The summed E-state index contributed by atoms with van der Waals surface area (Å²) in [5.41, 5.74) is 3.03. The Bertz CT molecular complexity index is 923. The third-order valence-corrected chi connectivity index (χ3v) is 4.74. The van der Waals surface area contributed by atoms with E-state index in [2.05, 4.69) is 46.8 Å². The summed E-state index contributed by atoms with van der Waals surface area (Å²) in [7, 11) is 0. The van der Waals surface area contributed by atoms with Gasteiger partial charge in [-0.2, -0.15) is 5.48 Å². The minimum absolute atomic E-state index is 0.0272. The number of benzene rings is 1. The number of hydrogen-bond donors (Lipinski definition) is 3. The summed E-state index contributed by atoms with van der Waals surface area (Å²) >= 11 is 3.05. The van der Waals surface area contributed by atoms with Gasteiger partial charge in [0.15, 0.2) is 5.69 Å². The average Bonchev–Trinajstić information content (AvgIpc) is 3.15. The van der Waals surface area contributed by atoms with Crippen LogP contribution in [-0.2, 0) is 9.73 Å². The Balaban J connectivity index is 1.54. The number of piperidine rings is 1. The van der Waals surface area contributed by atoms with Crippen LogP contribution in [-0.4, -0.2) is 51.6 Å². The zero-order chi connectivity index (χ0) is 20.8. The first-order valence-electron chi connectivity index (χ1n) is 8.46. The SMILES string of the molecule is O=C(Nc1nonc1/C=N/ONc1ccc(F)c(Br)c1)C1CCCN(C(=O)O)C1. The maximum absolute atomic E-state index is 13.2. The van der Waals surface area contributed by atoms with Gasteiger partial charge in [0.1, 0.15) is 12.0 Å². The highest BCUT2D eigenvalue weighted by molar-refractivity contribution is 9.10. The van der Waals surface area contributed by atoms with Crippen molar-refractivity contribution in [1.29, 1.82) is 0 Å². The fourth-order valence-electron chi connectivity index (χ4n) is 2.67. The third-order valence-electron chi connectivity index (χ3n) is 4.13. The second-order valence-corrected chi connectivity index (χ2v) is 6.97. The molecule has 1 atom stereocenters. The summed E-state index contributed by atoms with van der Waals surface area (Å²) in [6, 6.07) is 4.15. The average molecular weight is 471 g/mol. The van der Waals surface area contributed by atoms with E-state index >= 15 is 0 Å². The normalized spacial score (nSPS) is 16.6. The topological polar surface area (TPSA) is 142 Å². The van der Waals surface area contributed by atoms with Gasteiger partial charge in [0.05, 0.1) is 16.1 Å². The number of nitrogens with one attached hydrogen (secondary N) is 2. The van der Waals surface area contributed by atoms with Crippen molar-refractivity contribution in [1.82, 2.24) is 15.2 Å². The minimum atomic E-state index is -1.06. The van der Waals surface area contributed by atoms with Crippen LogP contribution in [0.5, 0.6) is 0 Å². The van der Waals surface area contributed by atoms with E-state index in [0.717, 1.165) is 6.21 Å². The molecular formula is C16H16BrFN6O5. The molecule has 2 aromatic rings. The molecular weight excluding hydrogens is 455 g/mol. The van der Waals surface area contributed by atoms with Crippen LogP contribution in [0.2, 0.25) is 0 Å². The van der Waals surface area contributed by atoms with E-state index in [0.29, 0.717) is 25.1 Å². The fourth-order valence-corrected chi connectivity index (χ4v) is 3.04. The lowest BCUT2D eigenvalue weighted by molar-refractivity contribution is -0.121. The lowest BCUT2D eigenvalue weighted by atomic mass is 9.97. The Hall–Kier alpha value is -3.22. The van der Waals surface area contributed by atoms with Crippen LogP contribution in [0.25, 0.3) is 0 Å². The molecule has 1 aromatic carbocycles. The van der Waals surface area contributed by atoms with Gasteiger partial charge in [-0.15, -0.1) is 0 Å². The monoisotopic (exact) mass is 470 g/mol. The van der Waals surface area contributed by atoms with Gasteiger partial charge < -0.3 is 15.3 Å². The molecule has 154 valence electrons. The maximum Gasteiger partial charge on any atom is 0.407 e. The highest BCUT2D eigenvalue weighted by Gasteiger charge is 2.29. The molecule has 29 heavy (non-hydrogen) atoms. The van der Waals surface area contributed by atoms with Crippen LogP contribution in [0.1, 0.15) is 18.5 Å². The predicted molar refractivity (Wildman–Crippen MR) is 102 cm³/mol. The smallest absolute Gasteiger partial charge is 0.407 e. The maximum atomic E-state index is 13.2. The lowest BCUT2D eigenvalue weighted by Crippen LogP contribution is -2.43. The number of aromatic nitrogens is 2. The summed E-state index contributed by atoms with van der Waals surface area (Å²) < 4.78 is 18.0. The Kier molecular flexibility index (Phi) is 6.59. The van der Waals surface area contributed by atoms with E-state index in [-0.39, 0.29) is 22.5 Å². The number of hydrogen-bond acceptors (Lipinski definition) is 8. The van der Waals surface area contributed by atoms with Crippen LogP contribution in [0.3, 0.4) is 0 Å². The molecule has 1 saturated heterocycles. The van der Waals surface area contributed by atoms with E-state index in [1.54, 1.807) is 0 Å². The van der Waals surface area contributed by atoms with Gasteiger partial charge in [-0.05, 0) is 57.3 Å². The van der Waals surface area contributed by atoms with E-state index < -0.39 is 23.7 Å². The number of anilines is 2. The molecule has 11 nitrogen and oxygen atoms in total. The molecule has 1 aliphatic heterocycles. The van der Waals surface area contributed by atoms with Crippen LogP contribution in [0, 0.1) is 11.7 Å². The van der Waals surface area contributed by atoms with Gasteiger partial charge in [-0.3, -0.25) is 9.73 Å². The van der Waals surface area contributed by atoms with Crippen LogP contribution < -0.4 is 10.8 Å². The number of carbonyl (C=O) groups is 2. The van der Waals surface area contributed by atoms with E-state index in [1.165, 1.54) is 23.1 Å². The van der Waals surface area contributed by atoms with Crippen molar-refractivity contribution in [2.45, 2.75) is 12.8 Å². The zero-order valence-corrected chi connectivity index (χ0v) is 16.4. The second kappa shape index (κ2) is 9.32. The second-order valence-electron chi connectivity index (χ2n) is 6.11. The van der Waals surface area contributed by atoms with Crippen LogP contribution >= 0.6 is 15.9 Å². The molecule has 1 fully saturated rings. The van der Waals surface area contributed by atoms with Crippen molar-refractivity contribution in [2.24, 2.45) is 11.1 Å².